The average molecular weight is 307 g/mol. The third-order valence-corrected chi connectivity index (χ3v) is 3.84. The van der Waals surface area contributed by atoms with Gasteiger partial charge in [-0.05, 0) is 35.8 Å². The van der Waals surface area contributed by atoms with E-state index in [2.05, 4.69) is 0 Å². The fraction of sp³-hybridized carbons (Fsp3) is 0.158. The molecule has 0 aromatic heterocycles. The molecule has 0 radical (unpaired) electrons. The number of amides is 2. The molecule has 1 aliphatic heterocycles. The molecule has 1 N–H and O–H groups in total. The third-order valence-electron chi connectivity index (χ3n) is 3.84. The molecule has 2 amide bonds. The maximum Gasteiger partial charge on any atom is 0.256 e. The van der Waals surface area contributed by atoms with E-state index < -0.39 is 0 Å². The van der Waals surface area contributed by atoms with Gasteiger partial charge in [-0.25, -0.2) is 0 Å². The van der Waals surface area contributed by atoms with Crippen LogP contribution in [0.3, 0.4) is 0 Å². The van der Waals surface area contributed by atoms with Crippen LogP contribution < -0.4 is 0 Å². The van der Waals surface area contributed by atoms with Gasteiger partial charge >= 0.3 is 0 Å². The van der Waals surface area contributed by atoms with Crippen LogP contribution in [0.5, 0.6) is 5.75 Å². The molecule has 0 saturated carbocycles. The van der Waals surface area contributed by atoms with Crippen molar-refractivity contribution in [2.75, 3.05) is 6.54 Å². The van der Waals surface area contributed by atoms with Crippen LogP contribution >= 0.6 is 0 Å². The number of carbonyl (C=O) groups excluding carboxylic acids is 2. The zero-order valence-corrected chi connectivity index (χ0v) is 12.6. The quantitative estimate of drug-likeness (QED) is 0.698. The van der Waals surface area contributed by atoms with Crippen LogP contribution in [0.15, 0.2) is 60.2 Å². The Hall–Kier alpha value is -2.88. The molecule has 2 aromatic carbocycles. The van der Waals surface area contributed by atoms with E-state index >= 15 is 0 Å². The second kappa shape index (κ2) is 6.48. The molecule has 0 bridgehead atoms. The number of aromatic hydroxyl groups is 1. The molecule has 116 valence electrons. The number of phenols is 1. The third kappa shape index (κ3) is 3.48. The molecule has 4 heteroatoms. The minimum absolute atomic E-state index is 0.114. The second-order valence-corrected chi connectivity index (χ2v) is 5.53. The highest BCUT2D eigenvalue weighted by molar-refractivity contribution is 6.15. The fourth-order valence-electron chi connectivity index (χ4n) is 2.66. The fourth-order valence-corrected chi connectivity index (χ4v) is 2.66. The second-order valence-electron chi connectivity index (χ2n) is 5.53. The Bertz CT molecular complexity index is 765. The van der Waals surface area contributed by atoms with E-state index in [9.17, 15) is 14.7 Å². The van der Waals surface area contributed by atoms with E-state index in [1.807, 2.05) is 30.3 Å². The van der Waals surface area contributed by atoms with Gasteiger partial charge in [0, 0.05) is 12.1 Å². The molecular weight excluding hydrogens is 290 g/mol. The summed E-state index contributed by atoms with van der Waals surface area (Å²) in [4.78, 5) is 25.8. The minimum Gasteiger partial charge on any atom is -0.508 e. The van der Waals surface area contributed by atoms with Crippen molar-refractivity contribution in [3.63, 3.8) is 0 Å². The Labute approximate surface area is 134 Å². The van der Waals surface area contributed by atoms with Gasteiger partial charge in [-0.2, -0.15) is 0 Å². The lowest BCUT2D eigenvalue weighted by molar-refractivity contribution is -0.137. The maximum absolute atomic E-state index is 12.4. The number of rotatable bonds is 4. The van der Waals surface area contributed by atoms with E-state index in [-0.39, 0.29) is 24.0 Å². The summed E-state index contributed by atoms with van der Waals surface area (Å²) in [6, 6.07) is 16.4. The lowest BCUT2D eigenvalue weighted by atomic mass is 10.1. The number of imide groups is 1. The number of benzene rings is 2. The first-order chi connectivity index (χ1) is 11.1. The molecule has 2 aromatic rings. The molecule has 1 fully saturated rings. The normalized spacial score (nSPS) is 16.3. The van der Waals surface area contributed by atoms with E-state index in [0.717, 1.165) is 5.56 Å². The first kappa shape index (κ1) is 15.0. The lowest BCUT2D eigenvalue weighted by Crippen LogP contribution is -2.31. The van der Waals surface area contributed by atoms with Gasteiger partial charge in [-0.3, -0.25) is 14.5 Å². The van der Waals surface area contributed by atoms with E-state index in [4.69, 9.17) is 0 Å². The molecule has 0 atom stereocenters. The van der Waals surface area contributed by atoms with Gasteiger partial charge in [-0.15, -0.1) is 0 Å². The van der Waals surface area contributed by atoms with Gasteiger partial charge in [0.1, 0.15) is 5.75 Å². The monoisotopic (exact) mass is 307 g/mol. The Kier molecular flexibility index (Phi) is 4.24. The summed E-state index contributed by atoms with van der Waals surface area (Å²) >= 11 is 0. The molecule has 4 nitrogen and oxygen atoms in total. The van der Waals surface area contributed by atoms with E-state index in [1.54, 1.807) is 30.3 Å². The van der Waals surface area contributed by atoms with Crippen LogP contribution in [0.2, 0.25) is 0 Å². The Morgan fingerprint density at radius 3 is 2.57 bits per heavy atom. The summed E-state index contributed by atoms with van der Waals surface area (Å²) < 4.78 is 0. The molecule has 0 unspecified atom stereocenters. The Morgan fingerprint density at radius 2 is 1.83 bits per heavy atom. The molecule has 1 heterocycles. The van der Waals surface area contributed by atoms with E-state index in [1.165, 1.54) is 4.90 Å². The van der Waals surface area contributed by atoms with Crippen LogP contribution in [0, 0.1) is 0 Å². The number of likely N-dealkylation sites (tertiary alicyclic amines) is 1. The van der Waals surface area contributed by atoms with Crippen LogP contribution in [-0.2, 0) is 16.0 Å². The van der Waals surface area contributed by atoms with Crippen LogP contribution in [0.25, 0.3) is 6.08 Å². The molecule has 1 saturated heterocycles. The van der Waals surface area contributed by atoms with Crippen molar-refractivity contribution >= 4 is 17.9 Å². The molecule has 0 aliphatic carbocycles. The van der Waals surface area contributed by atoms with Crippen molar-refractivity contribution in [2.45, 2.75) is 12.8 Å². The summed E-state index contributed by atoms with van der Waals surface area (Å²) in [7, 11) is 0. The Balaban J connectivity index is 1.72. The summed E-state index contributed by atoms with van der Waals surface area (Å²) in [5.41, 5.74) is 2.28. The van der Waals surface area contributed by atoms with Crippen molar-refractivity contribution in [1.29, 1.82) is 0 Å². The van der Waals surface area contributed by atoms with Gasteiger partial charge in [0.25, 0.3) is 5.91 Å². The lowest BCUT2D eigenvalue weighted by Gasteiger charge is -2.13. The van der Waals surface area contributed by atoms with E-state index in [0.29, 0.717) is 24.1 Å². The zero-order chi connectivity index (χ0) is 16.2. The average Bonchev–Trinajstić information content (AvgIpc) is 2.80. The predicted molar refractivity (Wildman–Crippen MR) is 87.6 cm³/mol. The van der Waals surface area contributed by atoms with Crippen molar-refractivity contribution < 1.29 is 14.7 Å². The molecule has 23 heavy (non-hydrogen) atoms. The molecule has 1 aliphatic rings. The van der Waals surface area contributed by atoms with Crippen molar-refractivity contribution in [3.8, 4) is 5.75 Å². The number of nitrogens with zero attached hydrogens (tertiary/aromatic N) is 1. The molecule has 0 spiro atoms. The first-order valence-electron chi connectivity index (χ1n) is 7.52. The maximum atomic E-state index is 12.4. The van der Waals surface area contributed by atoms with Gasteiger partial charge in [-0.1, -0.05) is 42.5 Å². The van der Waals surface area contributed by atoms with Crippen molar-refractivity contribution in [3.05, 3.63) is 71.3 Å². The zero-order valence-electron chi connectivity index (χ0n) is 12.6. The van der Waals surface area contributed by atoms with Crippen LogP contribution in [-0.4, -0.2) is 28.4 Å². The molecular formula is C19H17NO3. The van der Waals surface area contributed by atoms with Crippen molar-refractivity contribution in [2.24, 2.45) is 0 Å². The van der Waals surface area contributed by atoms with Gasteiger partial charge in [0.05, 0.1) is 6.42 Å². The minimum atomic E-state index is -0.241. The van der Waals surface area contributed by atoms with Crippen molar-refractivity contribution in [1.82, 2.24) is 4.90 Å². The highest BCUT2D eigenvalue weighted by Crippen LogP contribution is 2.23. The van der Waals surface area contributed by atoms with Crippen LogP contribution in [0.1, 0.15) is 17.5 Å². The number of hydrogen-bond donors (Lipinski definition) is 1. The van der Waals surface area contributed by atoms with Gasteiger partial charge in [0.15, 0.2) is 0 Å². The summed E-state index contributed by atoms with van der Waals surface area (Å²) in [6.07, 6.45) is 2.43. The summed E-state index contributed by atoms with van der Waals surface area (Å²) in [5.74, 6) is -0.274. The number of phenolic OH excluding ortho intramolecular Hbond substituents is 1. The predicted octanol–water partition coefficient (Wildman–Crippen LogP) is 2.78. The SMILES string of the molecule is O=C1C/C(=C\c2cccc(O)c2)C(=O)N1CCc1ccccc1. The topological polar surface area (TPSA) is 57.6 Å². The molecule has 3 rings (SSSR count). The summed E-state index contributed by atoms with van der Waals surface area (Å²) in [5, 5.41) is 9.48. The van der Waals surface area contributed by atoms with Crippen LogP contribution in [0.4, 0.5) is 0 Å². The first-order valence-corrected chi connectivity index (χ1v) is 7.52. The standard InChI is InChI=1S/C19H17NO3/c21-17-8-4-7-15(12-17)11-16-13-18(22)20(19(16)23)10-9-14-5-2-1-3-6-14/h1-8,11-12,21H,9-10,13H2/b16-11+. The highest BCUT2D eigenvalue weighted by atomic mass is 16.3. The largest absolute Gasteiger partial charge is 0.508 e. The summed E-state index contributed by atoms with van der Waals surface area (Å²) in [6.45, 7) is 0.388. The van der Waals surface area contributed by atoms with Gasteiger partial charge in [0.2, 0.25) is 5.91 Å². The highest BCUT2D eigenvalue weighted by Gasteiger charge is 2.33. The smallest absolute Gasteiger partial charge is 0.256 e. The Morgan fingerprint density at radius 1 is 1.04 bits per heavy atom. The van der Waals surface area contributed by atoms with Gasteiger partial charge < -0.3 is 5.11 Å². The number of hydrogen-bond acceptors (Lipinski definition) is 3. The number of carbonyl (C=O) groups is 2.